The Morgan fingerprint density at radius 3 is 2.61 bits per heavy atom. The van der Waals surface area contributed by atoms with E-state index in [2.05, 4.69) is 10.3 Å². The van der Waals surface area contributed by atoms with Gasteiger partial charge in [0.1, 0.15) is 11.6 Å². The maximum absolute atomic E-state index is 11.8. The number of aliphatic hydroxyl groups excluding tert-OH is 1. The van der Waals surface area contributed by atoms with E-state index >= 15 is 0 Å². The second kappa shape index (κ2) is 8.73. The van der Waals surface area contributed by atoms with Crippen LogP contribution in [0, 0.1) is 0 Å². The van der Waals surface area contributed by atoms with Crippen molar-refractivity contribution in [1.29, 1.82) is 0 Å². The molecule has 2 aromatic carbocycles. The number of nitrogen functional groups attached to an aromatic ring is 1. The number of benzene rings is 2. The molecule has 1 aromatic heterocycles. The Bertz CT molecular complexity index is 1010. The first-order chi connectivity index (χ1) is 13.5. The van der Waals surface area contributed by atoms with E-state index in [1.807, 2.05) is 6.07 Å². The molecule has 0 aliphatic rings. The van der Waals surface area contributed by atoms with Crippen LogP contribution in [0.25, 0.3) is 22.4 Å². The van der Waals surface area contributed by atoms with Gasteiger partial charge in [-0.1, -0.05) is 24.3 Å². The molecule has 0 radical (unpaired) electrons. The number of amides is 1. The number of aromatic nitrogens is 1. The Morgan fingerprint density at radius 1 is 1.11 bits per heavy atom. The second-order valence-corrected chi connectivity index (χ2v) is 6.54. The van der Waals surface area contributed by atoms with E-state index in [9.17, 15) is 15.0 Å². The number of anilines is 2. The molecule has 0 saturated heterocycles. The van der Waals surface area contributed by atoms with Crippen LogP contribution in [0.3, 0.4) is 0 Å². The minimum absolute atomic E-state index is 0.0826. The number of rotatable bonds is 6. The summed E-state index contributed by atoms with van der Waals surface area (Å²) in [6, 6.07) is 15.8. The molecule has 0 spiro atoms. The summed E-state index contributed by atoms with van der Waals surface area (Å²) in [6.45, 7) is -0.294. The van der Waals surface area contributed by atoms with Gasteiger partial charge in [0, 0.05) is 29.1 Å². The summed E-state index contributed by atoms with van der Waals surface area (Å²) < 4.78 is 0. The van der Waals surface area contributed by atoms with Crippen LogP contribution < -0.4 is 11.1 Å². The smallest absolute Gasteiger partial charge is 0.225 e. The lowest BCUT2D eigenvalue weighted by atomic mass is 9.97. The van der Waals surface area contributed by atoms with Crippen LogP contribution in [0.15, 0.2) is 54.6 Å². The number of phenols is 1. The third-order valence-corrected chi connectivity index (χ3v) is 4.46. The molecule has 3 rings (SSSR count). The Hall–Kier alpha value is -3.09. The van der Waals surface area contributed by atoms with Crippen molar-refractivity contribution in [3.63, 3.8) is 0 Å². The highest BCUT2D eigenvalue weighted by atomic mass is 35.5. The number of nitrogens with two attached hydrogens (primary N) is 1. The number of carbonyl (C=O) groups excluding carboxylic acids is 1. The number of aromatic hydroxyl groups is 1. The highest BCUT2D eigenvalue weighted by molar-refractivity contribution is 6.19. The van der Waals surface area contributed by atoms with Crippen LogP contribution in [0.5, 0.6) is 5.75 Å². The zero-order valence-corrected chi connectivity index (χ0v) is 15.8. The molecule has 5 N–H and O–H groups in total. The summed E-state index contributed by atoms with van der Waals surface area (Å²) in [4.78, 5) is 16.2. The SMILES string of the molecule is Nc1nc(-c2ccccc2O)cc(-c2cccc(NC(=O)CCCl)c2)c1CO. The molecule has 0 aliphatic heterocycles. The van der Waals surface area contributed by atoms with Gasteiger partial charge in [0.25, 0.3) is 0 Å². The highest BCUT2D eigenvalue weighted by Gasteiger charge is 2.15. The van der Waals surface area contributed by atoms with Crippen molar-refractivity contribution < 1.29 is 15.0 Å². The van der Waals surface area contributed by atoms with Crippen molar-refractivity contribution in [2.24, 2.45) is 0 Å². The molecular weight excluding hydrogens is 378 g/mol. The Labute approximate surface area is 167 Å². The molecule has 0 bridgehead atoms. The molecule has 1 amide bonds. The monoisotopic (exact) mass is 397 g/mol. The fraction of sp³-hybridized carbons (Fsp3) is 0.143. The van der Waals surface area contributed by atoms with Gasteiger partial charge in [-0.3, -0.25) is 4.79 Å². The summed E-state index contributed by atoms with van der Waals surface area (Å²) >= 11 is 5.61. The minimum Gasteiger partial charge on any atom is -0.507 e. The Balaban J connectivity index is 2.08. The van der Waals surface area contributed by atoms with Crippen LogP contribution in [-0.2, 0) is 11.4 Å². The van der Waals surface area contributed by atoms with Gasteiger partial charge < -0.3 is 21.3 Å². The fourth-order valence-electron chi connectivity index (χ4n) is 2.92. The number of hydrogen-bond acceptors (Lipinski definition) is 5. The number of aliphatic hydroxyl groups is 1. The summed E-state index contributed by atoms with van der Waals surface area (Å²) in [5.74, 6) is 0.318. The quantitative estimate of drug-likeness (QED) is 0.473. The number of para-hydroxylation sites is 1. The van der Waals surface area contributed by atoms with Gasteiger partial charge in [0.2, 0.25) is 5.91 Å². The number of pyridine rings is 1. The van der Waals surface area contributed by atoms with Crippen molar-refractivity contribution in [2.75, 3.05) is 16.9 Å². The predicted octanol–water partition coefficient (Wildman–Crippen LogP) is 3.76. The number of alkyl halides is 1. The summed E-state index contributed by atoms with van der Waals surface area (Å²) in [7, 11) is 0. The first-order valence-electron chi connectivity index (χ1n) is 8.68. The number of hydrogen-bond donors (Lipinski definition) is 4. The lowest BCUT2D eigenvalue weighted by Gasteiger charge is -2.14. The summed E-state index contributed by atoms with van der Waals surface area (Å²) in [6.07, 6.45) is 0.216. The lowest BCUT2D eigenvalue weighted by molar-refractivity contribution is -0.115. The third-order valence-electron chi connectivity index (χ3n) is 4.27. The van der Waals surface area contributed by atoms with Crippen molar-refractivity contribution in [3.8, 4) is 28.1 Å². The third kappa shape index (κ3) is 4.24. The fourth-order valence-corrected chi connectivity index (χ4v) is 3.09. The van der Waals surface area contributed by atoms with E-state index in [1.54, 1.807) is 48.5 Å². The van der Waals surface area contributed by atoms with Crippen molar-refractivity contribution in [3.05, 3.63) is 60.2 Å². The first kappa shape index (κ1) is 19.7. The van der Waals surface area contributed by atoms with Gasteiger partial charge in [-0.15, -0.1) is 11.6 Å². The molecule has 0 saturated carbocycles. The molecule has 0 aliphatic carbocycles. The minimum atomic E-state index is -0.294. The van der Waals surface area contributed by atoms with Crippen molar-refractivity contribution in [2.45, 2.75) is 13.0 Å². The van der Waals surface area contributed by atoms with E-state index < -0.39 is 0 Å². The van der Waals surface area contributed by atoms with Gasteiger partial charge in [-0.25, -0.2) is 4.98 Å². The average molecular weight is 398 g/mol. The first-order valence-corrected chi connectivity index (χ1v) is 9.21. The molecule has 0 unspecified atom stereocenters. The predicted molar refractivity (Wildman–Crippen MR) is 111 cm³/mol. The van der Waals surface area contributed by atoms with Gasteiger partial charge in [0.05, 0.1) is 12.3 Å². The van der Waals surface area contributed by atoms with Crippen LogP contribution >= 0.6 is 11.6 Å². The molecule has 144 valence electrons. The molecule has 0 atom stereocenters. The Morgan fingerprint density at radius 2 is 1.89 bits per heavy atom. The lowest BCUT2D eigenvalue weighted by Crippen LogP contribution is -2.11. The molecule has 28 heavy (non-hydrogen) atoms. The second-order valence-electron chi connectivity index (χ2n) is 6.16. The average Bonchev–Trinajstić information content (AvgIpc) is 2.68. The topological polar surface area (TPSA) is 108 Å². The van der Waals surface area contributed by atoms with E-state index in [1.165, 1.54) is 0 Å². The Kier molecular flexibility index (Phi) is 6.13. The summed E-state index contributed by atoms with van der Waals surface area (Å²) in [5.41, 5.74) is 9.60. The van der Waals surface area contributed by atoms with Crippen LogP contribution in [0.4, 0.5) is 11.5 Å². The number of phenolic OH excluding ortho intramolecular Hbond substituents is 1. The van der Waals surface area contributed by atoms with Crippen molar-refractivity contribution >= 4 is 29.0 Å². The standard InChI is InChI=1S/C21H20ClN3O3/c22-9-8-20(28)24-14-5-3-4-13(10-14)16-11-18(25-21(23)17(16)12-26)15-6-1-2-7-19(15)27/h1-7,10-11,26-27H,8-9,12H2,(H2,23,25)(H,24,28). The van der Waals surface area contributed by atoms with Gasteiger partial charge in [-0.05, 0) is 41.5 Å². The van der Waals surface area contributed by atoms with Crippen LogP contribution in [0.2, 0.25) is 0 Å². The maximum Gasteiger partial charge on any atom is 0.225 e. The number of nitrogens with one attached hydrogen (secondary N) is 1. The van der Waals surface area contributed by atoms with Gasteiger partial charge in [0.15, 0.2) is 0 Å². The largest absolute Gasteiger partial charge is 0.507 e. The molecule has 6 nitrogen and oxygen atoms in total. The van der Waals surface area contributed by atoms with E-state index in [0.29, 0.717) is 28.1 Å². The molecule has 7 heteroatoms. The molecule has 0 fully saturated rings. The number of halogens is 1. The number of nitrogens with zero attached hydrogens (tertiary/aromatic N) is 1. The van der Waals surface area contributed by atoms with E-state index in [4.69, 9.17) is 17.3 Å². The van der Waals surface area contributed by atoms with Crippen molar-refractivity contribution in [1.82, 2.24) is 4.98 Å². The van der Waals surface area contributed by atoms with Crippen LogP contribution in [0.1, 0.15) is 12.0 Å². The maximum atomic E-state index is 11.8. The highest BCUT2D eigenvalue weighted by Crippen LogP contribution is 2.35. The molecule has 1 heterocycles. The zero-order chi connectivity index (χ0) is 20.1. The van der Waals surface area contributed by atoms with Gasteiger partial charge >= 0.3 is 0 Å². The van der Waals surface area contributed by atoms with Crippen LogP contribution in [-0.4, -0.2) is 27.0 Å². The molecular formula is C21H20ClN3O3. The normalized spacial score (nSPS) is 10.6. The summed E-state index contributed by atoms with van der Waals surface area (Å²) in [5, 5.41) is 22.7. The van der Waals surface area contributed by atoms with E-state index in [0.717, 1.165) is 5.56 Å². The number of carbonyl (C=O) groups is 1. The zero-order valence-electron chi connectivity index (χ0n) is 15.0. The molecule has 3 aromatic rings. The van der Waals surface area contributed by atoms with E-state index in [-0.39, 0.29) is 36.4 Å². The van der Waals surface area contributed by atoms with Gasteiger partial charge in [-0.2, -0.15) is 0 Å².